The smallest absolute Gasteiger partial charge is 0.333 e. The largest absolute Gasteiger partial charge is 0.349 e. The Labute approximate surface area is 229 Å². The monoisotopic (exact) mass is 538 g/mol. The van der Waals surface area contributed by atoms with Crippen LogP contribution in [0, 0.1) is 5.92 Å². The highest BCUT2D eigenvalue weighted by Gasteiger charge is 2.25. The van der Waals surface area contributed by atoms with Gasteiger partial charge in [0.2, 0.25) is 0 Å². The van der Waals surface area contributed by atoms with E-state index < -0.39 is 0 Å². The minimum atomic E-state index is -0.347. The molecule has 1 aliphatic rings. The quantitative estimate of drug-likeness (QED) is 0.301. The number of fused-ring (bicyclic) bond motifs is 2. The molecule has 1 aliphatic carbocycles. The number of hydrogen-bond donors (Lipinski definition) is 0. The van der Waals surface area contributed by atoms with Crippen molar-refractivity contribution in [2.75, 3.05) is 0 Å². The van der Waals surface area contributed by atoms with E-state index in [1.54, 1.807) is 28.3 Å². The fourth-order valence-corrected chi connectivity index (χ4v) is 6.22. The van der Waals surface area contributed by atoms with Crippen molar-refractivity contribution in [3.05, 3.63) is 109 Å². The predicted octanol–water partition coefficient (Wildman–Crippen LogP) is 4.70. The highest BCUT2D eigenvalue weighted by Crippen LogP contribution is 2.31. The van der Waals surface area contributed by atoms with Crippen molar-refractivity contribution in [1.29, 1.82) is 0 Å². The summed E-state index contributed by atoms with van der Waals surface area (Å²) in [6.07, 6.45) is 14.6. The highest BCUT2D eigenvalue weighted by molar-refractivity contribution is 7.11. The third-order valence-corrected chi connectivity index (χ3v) is 8.12. The summed E-state index contributed by atoms with van der Waals surface area (Å²) in [5.74, 6) is 0.188. The molecule has 0 fully saturated rings. The van der Waals surface area contributed by atoms with Gasteiger partial charge in [-0.2, -0.15) is 5.10 Å². The number of thiophene rings is 1. The second-order valence-electron chi connectivity index (χ2n) is 10.3. The van der Waals surface area contributed by atoms with Crippen LogP contribution in [0.5, 0.6) is 0 Å². The number of rotatable bonds is 7. The highest BCUT2D eigenvalue weighted by atomic mass is 32.1. The lowest BCUT2D eigenvalue weighted by Crippen LogP contribution is -2.41. The van der Waals surface area contributed by atoms with Crippen LogP contribution in [-0.4, -0.2) is 28.5 Å². The molecule has 9 heteroatoms. The normalized spacial score (nSPS) is 12.9. The van der Waals surface area contributed by atoms with Gasteiger partial charge in [0.1, 0.15) is 11.1 Å². The van der Waals surface area contributed by atoms with Crippen molar-refractivity contribution in [2.24, 2.45) is 13.0 Å². The van der Waals surface area contributed by atoms with Crippen molar-refractivity contribution < 1.29 is 0 Å². The summed E-state index contributed by atoms with van der Waals surface area (Å²) in [6.45, 7) is 5.25. The zero-order chi connectivity index (χ0) is 27.1. The molecule has 0 amide bonds. The lowest BCUT2D eigenvalue weighted by Gasteiger charge is -2.13. The Morgan fingerprint density at radius 1 is 1.05 bits per heavy atom. The van der Waals surface area contributed by atoms with Crippen molar-refractivity contribution in [2.45, 2.75) is 39.9 Å². The van der Waals surface area contributed by atoms with Gasteiger partial charge < -0.3 is 4.57 Å². The molecule has 0 saturated carbocycles. The molecular formula is C30H30N6O2S. The minimum absolute atomic E-state index is 0.169. The molecule has 39 heavy (non-hydrogen) atoms. The molecule has 0 atom stereocenters. The first kappa shape index (κ1) is 25.1. The maximum atomic E-state index is 14.2. The van der Waals surface area contributed by atoms with Crippen LogP contribution in [0.25, 0.3) is 28.5 Å². The van der Waals surface area contributed by atoms with Gasteiger partial charge >= 0.3 is 5.69 Å². The minimum Gasteiger partial charge on any atom is -0.349 e. The number of pyridine rings is 1. The summed E-state index contributed by atoms with van der Waals surface area (Å²) in [7, 11) is 1.96. The molecule has 198 valence electrons. The first-order valence-corrected chi connectivity index (χ1v) is 14.0. The summed E-state index contributed by atoms with van der Waals surface area (Å²) in [4.78, 5) is 33.3. The van der Waals surface area contributed by atoms with E-state index in [9.17, 15) is 9.59 Å². The molecule has 0 radical (unpaired) electrons. The third kappa shape index (κ3) is 4.52. The van der Waals surface area contributed by atoms with E-state index in [1.807, 2.05) is 46.8 Å². The molecule has 0 aromatic carbocycles. The molecule has 5 aromatic rings. The second kappa shape index (κ2) is 10.1. The molecule has 5 aromatic heterocycles. The van der Waals surface area contributed by atoms with Gasteiger partial charge in [-0.25, -0.2) is 4.79 Å². The van der Waals surface area contributed by atoms with Gasteiger partial charge in [0.15, 0.2) is 5.65 Å². The SMILES string of the molecule is CC(C)Cn1c(=O)n(Cc2ccncc2)c(=O)c2c(-c3cccn3C)n(Cc3csc4c3CC=CC=C4)nc21. The molecular weight excluding hydrogens is 508 g/mol. The third-order valence-electron chi connectivity index (χ3n) is 7.08. The average Bonchev–Trinajstić information content (AvgIpc) is 3.57. The van der Waals surface area contributed by atoms with Crippen LogP contribution in [0.4, 0.5) is 0 Å². The Balaban J connectivity index is 1.62. The van der Waals surface area contributed by atoms with Crippen LogP contribution in [0.1, 0.15) is 35.4 Å². The summed E-state index contributed by atoms with van der Waals surface area (Å²) < 4.78 is 6.92. The molecule has 8 nitrogen and oxygen atoms in total. The number of allylic oxidation sites excluding steroid dienone is 3. The Hall–Kier alpha value is -4.24. The van der Waals surface area contributed by atoms with Crippen molar-refractivity contribution >= 4 is 28.4 Å². The first-order valence-electron chi connectivity index (χ1n) is 13.1. The molecule has 0 N–H and O–H groups in total. The maximum absolute atomic E-state index is 14.2. The van der Waals surface area contributed by atoms with Gasteiger partial charge in [0.05, 0.1) is 18.8 Å². The topological polar surface area (TPSA) is 79.6 Å². The number of aromatic nitrogens is 6. The molecule has 6 rings (SSSR count). The van der Waals surface area contributed by atoms with E-state index in [1.165, 1.54) is 20.6 Å². The Morgan fingerprint density at radius 2 is 1.87 bits per heavy atom. The zero-order valence-electron chi connectivity index (χ0n) is 22.2. The van der Waals surface area contributed by atoms with E-state index >= 15 is 0 Å². The standard InChI is InChI=1S/C30H30N6O2S/c1-20(2)16-34-28-26(29(37)35(30(34)38)17-21-11-13-31-14-12-21)27(24-9-7-15-33(24)3)36(32-28)18-22-19-39-25-10-6-4-5-8-23(22)25/h4-7,9-15,19-20H,8,16-18H2,1-3H3. The van der Waals surface area contributed by atoms with Crippen LogP contribution in [0.15, 0.2) is 76.1 Å². The predicted molar refractivity (Wildman–Crippen MR) is 156 cm³/mol. The van der Waals surface area contributed by atoms with Crippen LogP contribution < -0.4 is 11.2 Å². The molecule has 0 aliphatic heterocycles. The average molecular weight is 539 g/mol. The lowest BCUT2D eigenvalue weighted by molar-refractivity contribution is 0.492. The summed E-state index contributed by atoms with van der Waals surface area (Å²) in [5.41, 5.74) is 4.65. The zero-order valence-corrected chi connectivity index (χ0v) is 23.1. The Kier molecular flexibility index (Phi) is 6.52. The van der Waals surface area contributed by atoms with Crippen molar-refractivity contribution in [3.63, 3.8) is 0 Å². The van der Waals surface area contributed by atoms with Gasteiger partial charge in [-0.15, -0.1) is 11.3 Å². The summed E-state index contributed by atoms with van der Waals surface area (Å²) >= 11 is 1.72. The Morgan fingerprint density at radius 3 is 2.62 bits per heavy atom. The van der Waals surface area contributed by atoms with E-state index in [-0.39, 0.29) is 23.7 Å². The maximum Gasteiger partial charge on any atom is 0.333 e. The summed E-state index contributed by atoms with van der Waals surface area (Å²) in [6, 6.07) is 7.62. The van der Waals surface area contributed by atoms with E-state index in [2.05, 4.69) is 48.5 Å². The molecule has 0 saturated heterocycles. The van der Waals surface area contributed by atoms with Gasteiger partial charge in [0.25, 0.3) is 5.56 Å². The second-order valence-corrected chi connectivity index (χ2v) is 11.2. The van der Waals surface area contributed by atoms with Gasteiger partial charge in [0, 0.05) is 37.1 Å². The Bertz CT molecular complexity index is 1850. The van der Waals surface area contributed by atoms with Crippen molar-refractivity contribution in [1.82, 2.24) is 28.5 Å². The van der Waals surface area contributed by atoms with Gasteiger partial charge in [-0.05, 0) is 64.8 Å². The lowest BCUT2D eigenvalue weighted by atomic mass is 10.1. The van der Waals surface area contributed by atoms with Crippen LogP contribution in [-0.2, 0) is 33.1 Å². The van der Waals surface area contributed by atoms with E-state index in [0.29, 0.717) is 24.1 Å². The van der Waals surface area contributed by atoms with Crippen LogP contribution in [0.3, 0.4) is 0 Å². The number of nitrogens with zero attached hydrogens (tertiary/aromatic N) is 6. The van der Waals surface area contributed by atoms with Crippen molar-refractivity contribution in [3.8, 4) is 11.4 Å². The van der Waals surface area contributed by atoms with Gasteiger partial charge in [-0.3, -0.25) is 23.6 Å². The summed E-state index contributed by atoms with van der Waals surface area (Å²) in [5, 5.41) is 7.64. The molecule has 5 heterocycles. The fraction of sp³-hybridized carbons (Fsp3) is 0.267. The number of aryl methyl sites for hydroxylation is 1. The van der Waals surface area contributed by atoms with Gasteiger partial charge in [-0.1, -0.05) is 32.1 Å². The van der Waals surface area contributed by atoms with E-state index in [0.717, 1.165) is 23.4 Å². The van der Waals surface area contributed by atoms with Crippen LogP contribution in [0.2, 0.25) is 0 Å². The molecule has 0 spiro atoms. The number of hydrogen-bond acceptors (Lipinski definition) is 5. The van der Waals surface area contributed by atoms with Crippen LogP contribution >= 0.6 is 11.3 Å². The fourth-order valence-electron chi connectivity index (χ4n) is 5.22. The first-order chi connectivity index (χ1) is 18.9. The molecule has 0 unspecified atom stereocenters. The van der Waals surface area contributed by atoms with E-state index in [4.69, 9.17) is 5.10 Å². The molecule has 0 bridgehead atoms.